The predicted octanol–water partition coefficient (Wildman–Crippen LogP) is 0.322. The van der Waals surface area contributed by atoms with E-state index in [2.05, 4.69) is 62.0 Å². The van der Waals surface area contributed by atoms with E-state index in [9.17, 15) is 4.79 Å². The third kappa shape index (κ3) is 7.43. The van der Waals surface area contributed by atoms with Gasteiger partial charge in [0.2, 0.25) is 11.9 Å². The number of aryl methyl sites for hydroxylation is 1. The number of rotatable bonds is 4. The molecule has 6 N–H and O–H groups in total. The quantitative estimate of drug-likeness (QED) is 0.309. The van der Waals surface area contributed by atoms with Gasteiger partial charge in [-0.15, -0.1) is 11.8 Å². The average molecular weight is 556 g/mol. The minimum Gasteiger partial charge on any atom is -0.370 e. The fourth-order valence-electron chi connectivity index (χ4n) is 5.00. The van der Waals surface area contributed by atoms with Gasteiger partial charge in [0.15, 0.2) is 5.96 Å². The number of piperazine rings is 1. The molecule has 1 aromatic heterocycles. The number of hydrogen-bond acceptors (Lipinski definition) is 7. The zero-order valence-corrected chi connectivity index (χ0v) is 23.9. The van der Waals surface area contributed by atoms with Crippen molar-refractivity contribution < 1.29 is 4.79 Å². The Morgan fingerprint density at radius 2 is 1.87 bits per heavy atom. The van der Waals surface area contributed by atoms with Crippen molar-refractivity contribution >= 4 is 35.4 Å². The van der Waals surface area contributed by atoms with Crippen LogP contribution >= 0.6 is 11.8 Å². The van der Waals surface area contributed by atoms with Crippen LogP contribution in [0.4, 0.5) is 5.82 Å². The minimum absolute atomic E-state index is 0.00566. The highest BCUT2D eigenvalue weighted by atomic mass is 32.2. The van der Waals surface area contributed by atoms with E-state index in [1.807, 2.05) is 22.7 Å². The number of nitrogens with zero attached hydrogens (tertiary/aromatic N) is 7. The molecular weight excluding hydrogens is 514 g/mol. The summed E-state index contributed by atoms with van der Waals surface area (Å²) in [6, 6.07) is 13.0. The van der Waals surface area contributed by atoms with Crippen molar-refractivity contribution in [1.29, 1.82) is 5.41 Å². The van der Waals surface area contributed by atoms with E-state index in [1.54, 1.807) is 14.1 Å². The average Bonchev–Trinajstić information content (AvgIpc) is 3.70. The number of aliphatic imine (C=N–C) groups is 1. The zero-order valence-electron chi connectivity index (χ0n) is 23.1. The van der Waals surface area contributed by atoms with Crippen LogP contribution in [0.2, 0.25) is 0 Å². The molecule has 212 valence electrons. The fraction of sp³-hybridized carbons (Fsp3) is 0.538. The molecule has 0 bridgehead atoms. The third-order valence-electron chi connectivity index (χ3n) is 7.10. The van der Waals surface area contributed by atoms with Crippen LogP contribution in [0.25, 0.3) is 5.69 Å². The molecule has 3 saturated heterocycles. The van der Waals surface area contributed by atoms with Gasteiger partial charge in [0.1, 0.15) is 5.82 Å². The number of thioether (sulfide) groups is 1. The third-order valence-corrected chi connectivity index (χ3v) is 8.06. The van der Waals surface area contributed by atoms with Gasteiger partial charge in [0, 0.05) is 71.2 Å². The molecule has 3 aliphatic heterocycles. The van der Waals surface area contributed by atoms with Gasteiger partial charge in [0.05, 0.1) is 23.3 Å². The maximum atomic E-state index is 12.7. The SMILES string of the molecule is CN(C)C(=N)N=C(N)N.Cc1cc(N2CCN([C@@H]3CN[C@H](C(=O)N4CCSC4)C3)CC2)n(-c2ccccc2)n1. The molecule has 2 atom stereocenters. The Hall–Kier alpha value is -3.29. The summed E-state index contributed by atoms with van der Waals surface area (Å²) in [7, 11) is 3.38. The molecule has 0 saturated carbocycles. The molecule has 2 aromatic rings. The Morgan fingerprint density at radius 1 is 1.15 bits per heavy atom. The van der Waals surface area contributed by atoms with Gasteiger partial charge in [-0.2, -0.15) is 10.1 Å². The Morgan fingerprint density at radius 3 is 2.46 bits per heavy atom. The smallest absolute Gasteiger partial charge is 0.240 e. The summed E-state index contributed by atoms with van der Waals surface area (Å²) in [5.74, 6) is 3.35. The molecule has 12 nitrogen and oxygen atoms in total. The van der Waals surface area contributed by atoms with Crippen LogP contribution in [0, 0.1) is 12.3 Å². The van der Waals surface area contributed by atoms with Crippen LogP contribution in [0.15, 0.2) is 41.4 Å². The molecule has 0 aliphatic carbocycles. The number of guanidine groups is 2. The molecule has 1 amide bonds. The first-order chi connectivity index (χ1) is 18.7. The van der Waals surface area contributed by atoms with Crippen LogP contribution in [-0.4, -0.2) is 119 Å². The second-order valence-corrected chi connectivity index (χ2v) is 11.2. The summed E-state index contributed by atoms with van der Waals surface area (Å²) in [6.45, 7) is 7.88. The normalized spacial score (nSPS) is 21.3. The van der Waals surface area contributed by atoms with Crippen molar-refractivity contribution in [3.05, 3.63) is 42.1 Å². The van der Waals surface area contributed by atoms with E-state index < -0.39 is 0 Å². The summed E-state index contributed by atoms with van der Waals surface area (Å²) < 4.78 is 2.06. The number of carbonyl (C=O) groups excluding carboxylic acids is 1. The predicted molar refractivity (Wildman–Crippen MR) is 159 cm³/mol. The van der Waals surface area contributed by atoms with Gasteiger partial charge in [-0.25, -0.2) is 4.68 Å². The Bertz CT molecular complexity index is 1130. The molecule has 5 rings (SSSR count). The summed E-state index contributed by atoms with van der Waals surface area (Å²) in [4.78, 5) is 24.7. The highest BCUT2D eigenvalue weighted by Crippen LogP contribution is 2.25. The molecule has 39 heavy (non-hydrogen) atoms. The number of nitrogens with one attached hydrogen (secondary N) is 2. The molecule has 1 aromatic carbocycles. The standard InChI is InChI=1S/C22H30N6OS.C4H11N5/c1-17-13-21(28(24-17)18-5-3-2-4-6-18)26-9-7-25(8-10-26)19-14-20(23-15-19)22(29)27-11-12-30-16-27;1-9(2)4(7)8-3(5)6/h2-6,13,19-20,23H,7-12,14-16H2,1H3;1-2H3,(H5,5,6,7,8)/t19-,20-;/m0./s1. The van der Waals surface area contributed by atoms with Gasteiger partial charge in [-0.05, 0) is 25.5 Å². The van der Waals surface area contributed by atoms with E-state index in [1.165, 1.54) is 10.7 Å². The zero-order chi connectivity index (χ0) is 27.9. The summed E-state index contributed by atoms with van der Waals surface area (Å²) >= 11 is 1.85. The van der Waals surface area contributed by atoms with Gasteiger partial charge < -0.3 is 31.5 Å². The number of aromatic nitrogens is 2. The van der Waals surface area contributed by atoms with Crippen molar-refractivity contribution in [1.82, 2.24) is 29.8 Å². The first kappa shape index (κ1) is 28.7. The minimum atomic E-state index is -0.0892. The monoisotopic (exact) mass is 555 g/mol. The molecule has 0 radical (unpaired) electrons. The van der Waals surface area contributed by atoms with E-state index in [4.69, 9.17) is 22.0 Å². The maximum Gasteiger partial charge on any atom is 0.240 e. The highest BCUT2D eigenvalue weighted by Gasteiger charge is 2.37. The van der Waals surface area contributed by atoms with Crippen LogP contribution in [0.5, 0.6) is 0 Å². The Balaban J connectivity index is 0.000000340. The van der Waals surface area contributed by atoms with Gasteiger partial charge in [0.25, 0.3) is 0 Å². The number of para-hydroxylation sites is 1. The lowest BCUT2D eigenvalue weighted by molar-refractivity contribution is -0.131. The number of carbonyl (C=O) groups is 1. The van der Waals surface area contributed by atoms with Crippen LogP contribution in [0.1, 0.15) is 12.1 Å². The van der Waals surface area contributed by atoms with Gasteiger partial charge in [-0.3, -0.25) is 15.1 Å². The lowest BCUT2D eigenvalue weighted by Crippen LogP contribution is -2.51. The van der Waals surface area contributed by atoms with E-state index in [0.29, 0.717) is 11.9 Å². The van der Waals surface area contributed by atoms with Gasteiger partial charge >= 0.3 is 0 Å². The number of benzene rings is 1. The number of hydrogen-bond donors (Lipinski definition) is 4. The summed E-state index contributed by atoms with van der Waals surface area (Å²) in [6.07, 6.45) is 0.932. The first-order valence-electron chi connectivity index (χ1n) is 13.3. The summed E-state index contributed by atoms with van der Waals surface area (Å²) in [5, 5.41) is 15.3. The van der Waals surface area contributed by atoms with Crippen LogP contribution < -0.4 is 21.7 Å². The van der Waals surface area contributed by atoms with Crippen molar-refractivity contribution in [2.75, 3.05) is 69.9 Å². The summed E-state index contributed by atoms with van der Waals surface area (Å²) in [5.41, 5.74) is 12.1. The fourth-order valence-corrected chi connectivity index (χ4v) is 5.96. The van der Waals surface area contributed by atoms with E-state index in [0.717, 1.165) is 68.7 Å². The molecule has 3 fully saturated rings. The molecule has 0 spiro atoms. The van der Waals surface area contributed by atoms with E-state index >= 15 is 0 Å². The second kappa shape index (κ2) is 13.2. The number of nitrogens with two attached hydrogens (primary N) is 2. The lowest BCUT2D eigenvalue weighted by Gasteiger charge is -2.38. The molecule has 0 unspecified atom stereocenters. The van der Waals surface area contributed by atoms with E-state index in [-0.39, 0.29) is 18.0 Å². The van der Waals surface area contributed by atoms with Crippen molar-refractivity contribution in [2.24, 2.45) is 16.5 Å². The molecule has 3 aliphatic rings. The first-order valence-corrected chi connectivity index (χ1v) is 14.4. The second-order valence-electron chi connectivity index (χ2n) is 10.2. The van der Waals surface area contributed by atoms with Crippen LogP contribution in [0.3, 0.4) is 0 Å². The van der Waals surface area contributed by atoms with Crippen molar-refractivity contribution in [3.8, 4) is 5.69 Å². The molecule has 13 heteroatoms. The van der Waals surface area contributed by atoms with Gasteiger partial charge in [-0.1, -0.05) is 18.2 Å². The van der Waals surface area contributed by atoms with Crippen molar-refractivity contribution in [3.63, 3.8) is 0 Å². The Labute approximate surface area is 234 Å². The molecular formula is C26H41N11OS. The van der Waals surface area contributed by atoms with Crippen molar-refractivity contribution in [2.45, 2.75) is 25.4 Å². The number of anilines is 1. The number of amides is 1. The topological polar surface area (TPSA) is 148 Å². The van der Waals surface area contributed by atoms with Crippen LogP contribution in [-0.2, 0) is 4.79 Å². The maximum absolute atomic E-state index is 12.7. The Kier molecular flexibility index (Phi) is 9.70. The largest absolute Gasteiger partial charge is 0.370 e. The highest BCUT2D eigenvalue weighted by molar-refractivity contribution is 7.99. The molecule has 4 heterocycles. The lowest BCUT2D eigenvalue weighted by atomic mass is 10.1.